The van der Waals surface area contributed by atoms with E-state index in [1.165, 1.54) is 0 Å². The number of aromatic amines is 3. The Morgan fingerprint density at radius 1 is 0.903 bits per heavy atom. The van der Waals surface area contributed by atoms with Gasteiger partial charge in [0.15, 0.2) is 11.1 Å². The molecule has 0 saturated carbocycles. The molecule has 0 unspecified atom stereocenters. The molecule has 0 radical (unpaired) electrons. The van der Waals surface area contributed by atoms with E-state index in [2.05, 4.69) is 29.9 Å². The normalized spacial score (nSPS) is 11.1. The molecule has 0 atom stereocenters. The Bertz CT molecular complexity index is 1490. The highest BCUT2D eigenvalue weighted by molar-refractivity contribution is 7.84. The minimum absolute atomic E-state index is 0.235. The highest BCUT2D eigenvalue weighted by atomic mass is 32.2. The Morgan fingerprint density at radius 2 is 1.45 bits per heavy atom. The number of hydrogen-bond acceptors (Lipinski definition) is 8. The van der Waals surface area contributed by atoms with Crippen LogP contribution in [0.1, 0.15) is 11.4 Å². The summed E-state index contributed by atoms with van der Waals surface area (Å²) in [7, 11) is -3.92. The standard InChI is InChI=1S/C18H14N6O2.CH4O3S/c1-9-5-3-7-11(19-9)14-13-16(23-18(26)24-17(13)25)22-15(21-14)12-8-4-6-10(2)20-12;1-5(2,3)4/h3-8H,1-2H3,(H2,21,22,23,24,25,26);1H3,(H,2,3,4). The molecule has 11 nitrogen and oxygen atoms in total. The molecule has 0 amide bonds. The lowest BCUT2D eigenvalue weighted by Gasteiger charge is -2.03. The molecule has 0 saturated heterocycles. The van der Waals surface area contributed by atoms with Crippen LogP contribution in [0.25, 0.3) is 33.9 Å². The zero-order valence-electron chi connectivity index (χ0n) is 16.8. The van der Waals surface area contributed by atoms with Crippen LogP contribution in [0.2, 0.25) is 0 Å². The fraction of sp³-hybridized carbons (Fsp3) is 0.158. The predicted octanol–water partition coefficient (Wildman–Crippen LogP) is 0.328. The van der Waals surface area contributed by atoms with E-state index in [1.807, 2.05) is 38.1 Å². The van der Waals surface area contributed by atoms with E-state index < -0.39 is 21.4 Å². The molecule has 4 rings (SSSR count). The second-order valence-electron chi connectivity index (χ2n) is 6.62. The number of hydrogen-bond donors (Lipinski definition) is 2. The molecule has 0 aliphatic carbocycles. The van der Waals surface area contributed by atoms with Crippen molar-refractivity contribution in [1.82, 2.24) is 24.9 Å². The lowest BCUT2D eigenvalue weighted by atomic mass is 10.1. The topological polar surface area (TPSA) is 176 Å². The van der Waals surface area contributed by atoms with Gasteiger partial charge < -0.3 is 4.55 Å². The molecule has 4 heterocycles. The third-order valence-corrected chi connectivity index (χ3v) is 3.91. The van der Waals surface area contributed by atoms with Crippen LogP contribution in [0, 0.1) is 13.8 Å². The summed E-state index contributed by atoms with van der Waals surface area (Å²) >= 11 is 0. The molecule has 0 spiro atoms. The summed E-state index contributed by atoms with van der Waals surface area (Å²) in [5.41, 5.74) is 2.26. The summed E-state index contributed by atoms with van der Waals surface area (Å²) in [6, 6.07) is 11.0. The maximum absolute atomic E-state index is 12.4. The Balaban J connectivity index is 0.000000491. The molecule has 160 valence electrons. The molecule has 12 heteroatoms. The Hall–Kier alpha value is -3.77. The molecule has 3 N–H and O–H groups in total. The molecule has 31 heavy (non-hydrogen) atoms. The lowest BCUT2D eigenvalue weighted by Crippen LogP contribution is -2.28. The quantitative estimate of drug-likeness (QED) is 0.417. The first-order valence-corrected chi connectivity index (χ1v) is 10.7. The first-order valence-electron chi connectivity index (χ1n) is 8.90. The summed E-state index contributed by atoms with van der Waals surface area (Å²) < 4.78 is 27.2. The molecular formula is C19H18N6O5S. The Labute approximate surface area is 176 Å². The minimum atomic E-state index is -3.92. The second-order valence-corrected chi connectivity index (χ2v) is 8.03. The third-order valence-electron chi connectivity index (χ3n) is 3.91. The van der Waals surface area contributed by atoms with E-state index in [4.69, 9.17) is 13.0 Å². The molecular weight excluding hydrogens is 424 g/mol. The molecule has 4 aromatic heterocycles. The van der Waals surface area contributed by atoms with Crippen molar-refractivity contribution in [3.63, 3.8) is 0 Å². The summed E-state index contributed by atoms with van der Waals surface area (Å²) in [5, 5.41) is 0.235. The zero-order chi connectivity index (χ0) is 22.8. The van der Waals surface area contributed by atoms with E-state index >= 15 is 0 Å². The van der Waals surface area contributed by atoms with Crippen molar-refractivity contribution < 1.29 is 18.0 Å². The first kappa shape index (κ1) is 21.9. The predicted molar refractivity (Wildman–Crippen MR) is 111 cm³/mol. The number of nitrogens with zero attached hydrogens (tertiary/aromatic N) is 3. The van der Waals surface area contributed by atoms with E-state index in [0.717, 1.165) is 11.4 Å². The van der Waals surface area contributed by atoms with Crippen molar-refractivity contribution in [3.05, 3.63) is 68.6 Å². The van der Waals surface area contributed by atoms with Gasteiger partial charge in [0.1, 0.15) is 11.4 Å². The van der Waals surface area contributed by atoms with Gasteiger partial charge in [-0.25, -0.2) is 33.1 Å². The van der Waals surface area contributed by atoms with Crippen LogP contribution >= 0.6 is 0 Å². The number of rotatable bonds is 2. The zero-order valence-corrected chi connectivity index (χ0v) is 17.6. The van der Waals surface area contributed by atoms with E-state index in [-0.39, 0.29) is 11.0 Å². The number of nitrogens with one attached hydrogen (secondary N) is 3. The van der Waals surface area contributed by atoms with E-state index in [0.29, 0.717) is 29.2 Å². The summed E-state index contributed by atoms with van der Waals surface area (Å²) in [6.45, 7) is 3.73. The monoisotopic (exact) mass is 442 g/mol. The molecule has 0 aliphatic rings. The third kappa shape index (κ3) is 5.65. The smallest absolute Gasteiger partial charge is 0.384 e. The molecule has 0 fully saturated rings. The largest absolute Gasteiger partial charge is 0.748 e. The Kier molecular flexibility index (Phi) is 6.04. The van der Waals surface area contributed by atoms with Crippen LogP contribution in [0.5, 0.6) is 0 Å². The van der Waals surface area contributed by atoms with Gasteiger partial charge in [-0.05, 0) is 38.1 Å². The number of H-pyrrole nitrogens is 3. The lowest BCUT2D eigenvalue weighted by molar-refractivity contribution is -0.338. The maximum atomic E-state index is 12.4. The number of fused-ring (bicyclic) bond motifs is 1. The highest BCUT2D eigenvalue weighted by Crippen LogP contribution is 2.22. The van der Waals surface area contributed by atoms with Gasteiger partial charge in [-0.2, -0.15) is 0 Å². The number of aryl methyl sites for hydroxylation is 2. The second kappa shape index (κ2) is 8.53. The van der Waals surface area contributed by atoms with Crippen LogP contribution < -0.4 is 16.2 Å². The van der Waals surface area contributed by atoms with Crippen molar-refractivity contribution in [2.45, 2.75) is 13.8 Å². The number of pyridine rings is 2. The van der Waals surface area contributed by atoms with Gasteiger partial charge in [0.05, 0.1) is 10.1 Å². The van der Waals surface area contributed by atoms with Gasteiger partial charge in [0.25, 0.3) is 11.4 Å². The van der Waals surface area contributed by atoms with Crippen LogP contribution in [0.15, 0.2) is 46.0 Å². The average molecular weight is 442 g/mol. The number of aromatic nitrogens is 6. The molecule has 0 aromatic carbocycles. The van der Waals surface area contributed by atoms with Crippen molar-refractivity contribution in [2.75, 3.05) is 6.26 Å². The fourth-order valence-electron chi connectivity index (χ4n) is 2.78. The van der Waals surface area contributed by atoms with Crippen molar-refractivity contribution in [2.24, 2.45) is 0 Å². The van der Waals surface area contributed by atoms with E-state index in [9.17, 15) is 9.59 Å². The fourth-order valence-corrected chi connectivity index (χ4v) is 2.78. The highest BCUT2D eigenvalue weighted by Gasteiger charge is 2.22. The van der Waals surface area contributed by atoms with Gasteiger partial charge in [-0.15, -0.1) is 0 Å². The summed E-state index contributed by atoms with van der Waals surface area (Å²) in [5.74, 6) is 0.431. The van der Waals surface area contributed by atoms with E-state index in [1.54, 1.807) is 12.1 Å². The molecule has 0 aliphatic heterocycles. The minimum Gasteiger partial charge on any atom is -0.748 e. The SMILES string of the molecule is CS(=O)(=O)[O-].Cc1cccc(-c2nc(-c3cccc(C)n3)c3c(=O)[nH]c(=O)[nH]c3[nH+]2)n1. The van der Waals surface area contributed by atoms with Gasteiger partial charge >= 0.3 is 5.69 Å². The molecule has 4 aromatic rings. The maximum Gasteiger partial charge on any atom is 0.384 e. The first-order chi connectivity index (χ1) is 14.5. The van der Waals surface area contributed by atoms with Crippen LogP contribution in [-0.4, -0.2) is 44.1 Å². The van der Waals surface area contributed by atoms with Gasteiger partial charge in [0.2, 0.25) is 5.65 Å². The van der Waals surface area contributed by atoms with Gasteiger partial charge in [0, 0.05) is 17.6 Å². The summed E-state index contributed by atoms with van der Waals surface area (Å²) in [4.78, 5) is 45.5. The summed E-state index contributed by atoms with van der Waals surface area (Å²) in [6.07, 6.45) is 0.604. The van der Waals surface area contributed by atoms with Crippen molar-refractivity contribution in [3.8, 4) is 22.9 Å². The Morgan fingerprint density at radius 3 is 2.03 bits per heavy atom. The molecule has 0 bridgehead atoms. The van der Waals surface area contributed by atoms with Crippen molar-refractivity contribution in [1.29, 1.82) is 0 Å². The van der Waals surface area contributed by atoms with Crippen LogP contribution in [0.3, 0.4) is 0 Å². The van der Waals surface area contributed by atoms with Crippen LogP contribution in [-0.2, 0) is 10.1 Å². The van der Waals surface area contributed by atoms with Gasteiger partial charge in [-0.1, -0.05) is 17.1 Å². The van der Waals surface area contributed by atoms with Crippen LogP contribution in [0.4, 0.5) is 0 Å². The van der Waals surface area contributed by atoms with Gasteiger partial charge in [-0.3, -0.25) is 9.78 Å². The average Bonchev–Trinajstić information content (AvgIpc) is 2.65. The van der Waals surface area contributed by atoms with Crippen molar-refractivity contribution >= 4 is 21.2 Å².